The number of phenols is 1. The molecule has 0 amide bonds. The van der Waals surface area contributed by atoms with Gasteiger partial charge in [-0.3, -0.25) is 9.59 Å². The van der Waals surface area contributed by atoms with E-state index in [9.17, 15) is 34.8 Å². The Labute approximate surface area is 250 Å². The van der Waals surface area contributed by atoms with Crippen molar-refractivity contribution in [3.8, 4) is 5.75 Å². The van der Waals surface area contributed by atoms with Crippen molar-refractivity contribution in [2.45, 2.75) is 95.8 Å². The molecular weight excluding hydrogens is 560 g/mol. The van der Waals surface area contributed by atoms with Gasteiger partial charge in [-0.15, -0.1) is 0 Å². The minimum absolute atomic E-state index is 0.0622. The molecular formula is C32H40O11. The van der Waals surface area contributed by atoms with Gasteiger partial charge in [0.05, 0.1) is 18.1 Å². The van der Waals surface area contributed by atoms with Crippen LogP contribution in [0.25, 0.3) is 6.08 Å². The van der Waals surface area contributed by atoms with Crippen LogP contribution in [0.1, 0.15) is 59.4 Å². The highest BCUT2D eigenvalue weighted by Crippen LogP contribution is 2.69. The molecule has 3 aliphatic carbocycles. The highest BCUT2D eigenvalue weighted by molar-refractivity contribution is 5.92. The van der Waals surface area contributed by atoms with Gasteiger partial charge in [-0.1, -0.05) is 37.6 Å². The first-order valence-electron chi connectivity index (χ1n) is 14.5. The molecule has 4 N–H and O–H groups in total. The fourth-order valence-corrected chi connectivity index (χ4v) is 7.45. The van der Waals surface area contributed by atoms with Gasteiger partial charge in [-0.2, -0.15) is 0 Å². The van der Waals surface area contributed by atoms with Crippen molar-refractivity contribution in [3.63, 3.8) is 0 Å². The number of fused-ring (bicyclic) bond motifs is 1. The van der Waals surface area contributed by atoms with Gasteiger partial charge in [0, 0.05) is 23.8 Å². The molecule has 234 valence electrons. The minimum Gasteiger partial charge on any atom is -0.508 e. The summed E-state index contributed by atoms with van der Waals surface area (Å²) in [5.41, 5.74) is -2.72. The lowest BCUT2D eigenvalue weighted by Gasteiger charge is -2.52. The maximum Gasteiger partial charge on any atom is 0.331 e. The molecule has 1 spiro atoms. The van der Waals surface area contributed by atoms with E-state index in [1.54, 1.807) is 32.9 Å². The van der Waals surface area contributed by atoms with Gasteiger partial charge in [0.25, 0.3) is 0 Å². The Kier molecular flexibility index (Phi) is 7.88. The lowest BCUT2D eigenvalue weighted by Crippen LogP contribution is -2.65. The third kappa shape index (κ3) is 5.31. The number of aliphatic hydroxyl groups is 3. The molecule has 5 rings (SSSR count). The van der Waals surface area contributed by atoms with Gasteiger partial charge in [-0.25, -0.2) is 4.79 Å². The fourth-order valence-electron chi connectivity index (χ4n) is 7.45. The summed E-state index contributed by atoms with van der Waals surface area (Å²) in [6, 6.07) is 6.06. The maximum atomic E-state index is 13.8. The number of phenolic OH excluding ortho intramolecular Hbond substituents is 1. The number of carbonyl (C=O) groups excluding carboxylic acids is 3. The summed E-state index contributed by atoms with van der Waals surface area (Å²) in [6.07, 6.45) is -1.28. The summed E-state index contributed by atoms with van der Waals surface area (Å²) < 4.78 is 23.5. The minimum atomic E-state index is -1.67. The van der Waals surface area contributed by atoms with Crippen LogP contribution in [0.3, 0.4) is 0 Å². The van der Waals surface area contributed by atoms with Gasteiger partial charge in [0.15, 0.2) is 18.5 Å². The average molecular weight is 601 g/mol. The number of ketones is 1. The second-order valence-corrected chi connectivity index (χ2v) is 13.1. The third-order valence-corrected chi connectivity index (χ3v) is 9.62. The average Bonchev–Trinajstić information content (AvgIpc) is 3.70. The number of benzene rings is 1. The van der Waals surface area contributed by atoms with Crippen LogP contribution in [0.2, 0.25) is 0 Å². The van der Waals surface area contributed by atoms with Crippen LogP contribution in [0.15, 0.2) is 42.0 Å². The molecule has 11 nitrogen and oxygen atoms in total. The zero-order chi connectivity index (χ0) is 31.5. The van der Waals surface area contributed by atoms with Crippen LogP contribution in [0.5, 0.6) is 5.75 Å². The van der Waals surface area contributed by atoms with Crippen molar-refractivity contribution < 1.29 is 53.8 Å². The van der Waals surface area contributed by atoms with E-state index < -0.39 is 77.2 Å². The second-order valence-electron chi connectivity index (χ2n) is 13.1. The van der Waals surface area contributed by atoms with Gasteiger partial charge in [-0.05, 0) is 56.9 Å². The topological polar surface area (TPSA) is 169 Å². The zero-order valence-electron chi connectivity index (χ0n) is 25.0. The number of aliphatic hydroxyl groups excluding tert-OH is 2. The molecule has 0 bridgehead atoms. The summed E-state index contributed by atoms with van der Waals surface area (Å²) >= 11 is 0. The van der Waals surface area contributed by atoms with Gasteiger partial charge in [0.2, 0.25) is 0 Å². The van der Waals surface area contributed by atoms with E-state index in [0.29, 0.717) is 5.56 Å². The summed E-state index contributed by atoms with van der Waals surface area (Å²) in [6.45, 7) is 7.59. The summed E-state index contributed by atoms with van der Waals surface area (Å²) in [4.78, 5) is 38.6. The number of rotatable bonds is 7. The standard InChI is InChI=1S/C32H40O11/c1-17-14-32(16-29(3,4)27(38)26(32)30(5,39)31(17)12-13-31)43-28-25(40-18(2)34)23(37)24(21(15-33)41-28)42-22(36)11-8-19-6-9-20(35)10-7-19/h6-11,14,21,23-26,28,33,35,37,39H,12-13,15-16H2,1-5H3/t21-,23+,24-,25-,26-,28+,30+,32-/m1/s1. The first-order chi connectivity index (χ1) is 20.1. The van der Waals surface area contributed by atoms with Crippen molar-refractivity contribution in [2.24, 2.45) is 16.7 Å². The largest absolute Gasteiger partial charge is 0.508 e. The van der Waals surface area contributed by atoms with E-state index in [2.05, 4.69) is 0 Å². The SMILES string of the molecule is CC(=O)O[C@H]1[C@H](O[C@@]23C=C(C)C4(CC4)[C@@](C)(O)[C@H]2C(=O)C(C)(C)C3)O[C@H](CO)[C@@H](OC(=O)C=Cc2ccc(O)cc2)[C@@H]1O. The summed E-state index contributed by atoms with van der Waals surface area (Å²) in [5, 5.41) is 42.9. The smallest absolute Gasteiger partial charge is 0.331 e. The lowest BCUT2D eigenvalue weighted by atomic mass is 9.61. The molecule has 8 atom stereocenters. The van der Waals surface area contributed by atoms with Crippen molar-refractivity contribution in [1.29, 1.82) is 0 Å². The molecule has 11 heteroatoms. The molecule has 3 fully saturated rings. The number of ether oxygens (including phenoxy) is 4. The molecule has 4 aliphatic rings. The van der Waals surface area contributed by atoms with E-state index in [1.807, 2.05) is 13.0 Å². The molecule has 1 heterocycles. The van der Waals surface area contributed by atoms with Crippen molar-refractivity contribution in [3.05, 3.63) is 47.6 Å². The predicted molar refractivity (Wildman–Crippen MR) is 151 cm³/mol. The summed E-state index contributed by atoms with van der Waals surface area (Å²) in [7, 11) is 0. The molecule has 43 heavy (non-hydrogen) atoms. The molecule has 1 saturated heterocycles. The van der Waals surface area contributed by atoms with Crippen LogP contribution in [-0.2, 0) is 33.3 Å². The van der Waals surface area contributed by atoms with Crippen LogP contribution in [0, 0.1) is 16.7 Å². The van der Waals surface area contributed by atoms with Crippen molar-refractivity contribution in [1.82, 2.24) is 0 Å². The van der Waals surface area contributed by atoms with Crippen LogP contribution in [0.4, 0.5) is 0 Å². The van der Waals surface area contributed by atoms with E-state index in [0.717, 1.165) is 31.4 Å². The second kappa shape index (κ2) is 10.8. The normalized spacial score (nSPS) is 37.6. The lowest BCUT2D eigenvalue weighted by molar-refractivity contribution is -0.332. The number of esters is 2. The number of hydrogen-bond acceptors (Lipinski definition) is 11. The molecule has 0 aromatic heterocycles. The Morgan fingerprint density at radius 3 is 2.33 bits per heavy atom. The Balaban J connectivity index is 1.44. The molecule has 1 aromatic carbocycles. The number of carbonyl (C=O) groups is 3. The van der Waals surface area contributed by atoms with Crippen LogP contribution >= 0.6 is 0 Å². The first-order valence-corrected chi connectivity index (χ1v) is 14.5. The Bertz CT molecular complexity index is 1340. The Morgan fingerprint density at radius 2 is 1.74 bits per heavy atom. The first kappa shape index (κ1) is 31.3. The number of hydrogen-bond donors (Lipinski definition) is 4. The molecule has 1 aliphatic heterocycles. The van der Waals surface area contributed by atoms with Crippen LogP contribution < -0.4 is 0 Å². The highest BCUT2D eigenvalue weighted by Gasteiger charge is 2.74. The summed E-state index contributed by atoms with van der Waals surface area (Å²) in [5.74, 6) is -2.70. The molecule has 0 radical (unpaired) electrons. The number of Topliss-reactive ketones (excluding diaryl/α,β-unsaturated/α-hetero) is 1. The van der Waals surface area contributed by atoms with Gasteiger partial charge < -0.3 is 39.4 Å². The fraction of sp³-hybridized carbons (Fsp3) is 0.594. The van der Waals surface area contributed by atoms with E-state index in [1.165, 1.54) is 18.2 Å². The van der Waals surface area contributed by atoms with Gasteiger partial charge >= 0.3 is 11.9 Å². The molecule has 2 saturated carbocycles. The van der Waals surface area contributed by atoms with Crippen molar-refractivity contribution in [2.75, 3.05) is 6.61 Å². The van der Waals surface area contributed by atoms with Crippen LogP contribution in [-0.4, -0.2) is 86.7 Å². The third-order valence-electron chi connectivity index (χ3n) is 9.62. The Hall–Kier alpha value is -3.09. The zero-order valence-corrected chi connectivity index (χ0v) is 25.0. The van der Waals surface area contributed by atoms with Crippen molar-refractivity contribution >= 4 is 23.8 Å². The Morgan fingerprint density at radius 1 is 1.09 bits per heavy atom. The maximum absolute atomic E-state index is 13.8. The van der Waals surface area contributed by atoms with E-state index in [4.69, 9.17) is 18.9 Å². The highest BCUT2D eigenvalue weighted by atomic mass is 16.7. The van der Waals surface area contributed by atoms with E-state index in [-0.39, 0.29) is 18.0 Å². The van der Waals surface area contributed by atoms with Gasteiger partial charge in [0.1, 0.15) is 29.3 Å². The predicted octanol–water partition coefficient (Wildman–Crippen LogP) is 2.19. The quantitative estimate of drug-likeness (QED) is 0.206. The molecule has 1 aromatic rings. The monoisotopic (exact) mass is 600 g/mol. The molecule has 0 unspecified atom stereocenters. The number of aromatic hydroxyl groups is 1. The van der Waals surface area contributed by atoms with E-state index >= 15 is 0 Å².